The zero-order valence-electron chi connectivity index (χ0n) is 13.9. The monoisotopic (exact) mass is 322 g/mol. The fourth-order valence-electron chi connectivity index (χ4n) is 2.07. The van der Waals surface area contributed by atoms with E-state index in [1.807, 2.05) is 20.8 Å². The predicted molar refractivity (Wildman–Crippen MR) is 89.7 cm³/mol. The largest absolute Gasteiger partial charge is 0.332 e. The maximum absolute atomic E-state index is 12.5. The minimum Gasteiger partial charge on any atom is -0.280 e. The van der Waals surface area contributed by atoms with Gasteiger partial charge in [-0.25, -0.2) is 14.8 Å². The Morgan fingerprint density at radius 1 is 1.09 bits per heavy atom. The molecule has 0 radical (unpaired) electrons. The van der Waals surface area contributed by atoms with Gasteiger partial charge in [0.2, 0.25) is 0 Å². The molecule has 0 atom stereocenters. The molecule has 120 valence electrons. The Bertz CT molecular complexity index is 831. The Balaban J connectivity index is 2.95. The van der Waals surface area contributed by atoms with Gasteiger partial charge in [0, 0.05) is 19.5 Å². The first kappa shape index (κ1) is 16.7. The van der Waals surface area contributed by atoms with Crippen LogP contribution in [0.25, 0.3) is 11.0 Å². The van der Waals surface area contributed by atoms with Crippen molar-refractivity contribution in [1.82, 2.24) is 19.1 Å². The third-order valence-electron chi connectivity index (χ3n) is 3.38. The first-order valence-electron chi connectivity index (χ1n) is 7.29. The van der Waals surface area contributed by atoms with Crippen LogP contribution in [0.1, 0.15) is 39.9 Å². The van der Waals surface area contributed by atoms with E-state index in [2.05, 4.69) is 16.9 Å². The zero-order chi connectivity index (χ0) is 16.7. The first-order chi connectivity index (χ1) is 10.2. The van der Waals surface area contributed by atoms with Gasteiger partial charge < -0.3 is 0 Å². The smallest absolute Gasteiger partial charge is 0.280 e. The van der Waals surface area contributed by atoms with Gasteiger partial charge in [-0.1, -0.05) is 27.7 Å². The molecular weight excluding hydrogens is 300 g/mol. The number of rotatable bonds is 3. The predicted octanol–water partition coefficient (Wildman–Crippen LogP) is 1.83. The maximum atomic E-state index is 12.5. The van der Waals surface area contributed by atoms with E-state index in [1.54, 1.807) is 7.05 Å². The molecule has 2 rings (SSSR count). The zero-order valence-corrected chi connectivity index (χ0v) is 14.7. The summed E-state index contributed by atoms with van der Waals surface area (Å²) in [5.41, 5.74) is -0.557. The summed E-state index contributed by atoms with van der Waals surface area (Å²) < 4.78 is 2.53. The normalized spacial score (nSPS) is 12.1. The van der Waals surface area contributed by atoms with Crippen molar-refractivity contribution in [3.05, 3.63) is 26.7 Å². The Morgan fingerprint density at radius 3 is 2.27 bits per heavy atom. The number of aryl methyl sites for hydroxylation is 1. The summed E-state index contributed by atoms with van der Waals surface area (Å²) in [6.45, 7) is 8.12. The highest BCUT2D eigenvalue weighted by Gasteiger charge is 2.23. The SMILES string of the molecule is CCCSc1nc(C(C)(C)C)nc2c1c(=O)n(C)c(=O)n2C. The Labute approximate surface area is 133 Å². The van der Waals surface area contributed by atoms with Crippen LogP contribution in [0, 0.1) is 0 Å². The number of thioether (sulfide) groups is 1. The molecular formula is C15H22N4O2S. The highest BCUT2D eigenvalue weighted by molar-refractivity contribution is 7.99. The third-order valence-corrected chi connectivity index (χ3v) is 4.56. The summed E-state index contributed by atoms with van der Waals surface area (Å²) >= 11 is 1.54. The van der Waals surface area contributed by atoms with Crippen molar-refractivity contribution in [2.75, 3.05) is 5.75 Å². The molecule has 0 aliphatic rings. The van der Waals surface area contributed by atoms with E-state index >= 15 is 0 Å². The van der Waals surface area contributed by atoms with E-state index in [1.165, 1.54) is 23.4 Å². The summed E-state index contributed by atoms with van der Waals surface area (Å²) in [6.07, 6.45) is 0.979. The van der Waals surface area contributed by atoms with Gasteiger partial charge in [0.25, 0.3) is 5.56 Å². The van der Waals surface area contributed by atoms with Crippen LogP contribution < -0.4 is 11.2 Å². The number of hydrogen-bond acceptors (Lipinski definition) is 5. The second-order valence-electron chi connectivity index (χ2n) is 6.36. The lowest BCUT2D eigenvalue weighted by molar-refractivity contribution is 0.539. The van der Waals surface area contributed by atoms with Crippen molar-refractivity contribution < 1.29 is 0 Å². The summed E-state index contributed by atoms with van der Waals surface area (Å²) in [6, 6.07) is 0. The highest BCUT2D eigenvalue weighted by Crippen LogP contribution is 2.27. The molecule has 0 spiro atoms. The minimum atomic E-state index is -0.373. The van der Waals surface area contributed by atoms with Crippen LogP contribution in [0.3, 0.4) is 0 Å². The lowest BCUT2D eigenvalue weighted by Crippen LogP contribution is -2.38. The van der Waals surface area contributed by atoms with Gasteiger partial charge in [0.15, 0.2) is 5.65 Å². The molecule has 7 heteroatoms. The molecule has 0 aliphatic carbocycles. The van der Waals surface area contributed by atoms with E-state index in [9.17, 15) is 9.59 Å². The van der Waals surface area contributed by atoms with Crippen LogP contribution in [0.4, 0.5) is 0 Å². The number of aromatic nitrogens is 4. The van der Waals surface area contributed by atoms with Crippen LogP contribution in [0.15, 0.2) is 14.6 Å². The van der Waals surface area contributed by atoms with Crippen molar-refractivity contribution in [1.29, 1.82) is 0 Å². The van der Waals surface area contributed by atoms with Gasteiger partial charge in [0.1, 0.15) is 16.2 Å². The Kier molecular flexibility index (Phi) is 4.47. The lowest BCUT2D eigenvalue weighted by atomic mass is 9.96. The summed E-state index contributed by atoms with van der Waals surface area (Å²) in [4.78, 5) is 33.8. The van der Waals surface area contributed by atoms with E-state index in [0.717, 1.165) is 16.7 Å². The van der Waals surface area contributed by atoms with E-state index in [-0.39, 0.29) is 16.7 Å². The van der Waals surface area contributed by atoms with Gasteiger partial charge in [-0.15, -0.1) is 11.8 Å². The maximum Gasteiger partial charge on any atom is 0.332 e. The third kappa shape index (κ3) is 2.82. The second-order valence-corrected chi connectivity index (χ2v) is 7.44. The minimum absolute atomic E-state index is 0.257. The summed E-state index contributed by atoms with van der Waals surface area (Å²) in [5, 5.41) is 1.09. The van der Waals surface area contributed by atoms with Crippen molar-refractivity contribution >= 4 is 22.8 Å². The molecule has 0 aromatic carbocycles. The molecule has 0 saturated carbocycles. The van der Waals surface area contributed by atoms with Crippen LogP contribution in [-0.4, -0.2) is 24.9 Å². The standard InChI is InChI=1S/C15H22N4O2S/c1-7-8-22-11-9-10(16-13(17-11)15(2,3)4)18(5)14(21)19(6)12(9)20/h7-8H2,1-6H3. The van der Waals surface area contributed by atoms with Gasteiger partial charge >= 0.3 is 5.69 Å². The summed E-state index contributed by atoms with van der Waals surface area (Å²) in [5.74, 6) is 1.50. The van der Waals surface area contributed by atoms with Crippen molar-refractivity contribution in [3.63, 3.8) is 0 Å². The molecule has 6 nitrogen and oxygen atoms in total. The Morgan fingerprint density at radius 2 is 1.73 bits per heavy atom. The topological polar surface area (TPSA) is 69.8 Å². The average molecular weight is 322 g/mol. The molecule has 0 fully saturated rings. The van der Waals surface area contributed by atoms with E-state index < -0.39 is 0 Å². The molecule has 2 aromatic rings. The fraction of sp³-hybridized carbons (Fsp3) is 0.600. The average Bonchev–Trinajstić information content (AvgIpc) is 2.46. The van der Waals surface area contributed by atoms with Crippen LogP contribution in [-0.2, 0) is 19.5 Å². The number of fused-ring (bicyclic) bond motifs is 1. The van der Waals surface area contributed by atoms with Gasteiger partial charge in [-0.3, -0.25) is 13.9 Å². The molecule has 0 aliphatic heterocycles. The van der Waals surface area contributed by atoms with E-state index in [4.69, 9.17) is 0 Å². The van der Waals surface area contributed by atoms with Gasteiger partial charge in [0.05, 0.1) is 0 Å². The fourth-order valence-corrected chi connectivity index (χ4v) is 2.94. The molecule has 2 heterocycles. The number of nitrogens with zero attached hydrogens (tertiary/aromatic N) is 4. The van der Waals surface area contributed by atoms with Crippen LogP contribution in [0.5, 0.6) is 0 Å². The van der Waals surface area contributed by atoms with Crippen molar-refractivity contribution in [2.24, 2.45) is 14.1 Å². The van der Waals surface area contributed by atoms with Crippen LogP contribution >= 0.6 is 11.8 Å². The van der Waals surface area contributed by atoms with Crippen molar-refractivity contribution in [2.45, 2.75) is 44.6 Å². The molecule has 0 saturated heterocycles. The Hall–Kier alpha value is -1.63. The molecule has 0 N–H and O–H groups in total. The number of hydrogen-bond donors (Lipinski definition) is 0. The lowest BCUT2D eigenvalue weighted by Gasteiger charge is -2.19. The van der Waals surface area contributed by atoms with Gasteiger partial charge in [-0.2, -0.15) is 0 Å². The second kappa shape index (κ2) is 5.87. The van der Waals surface area contributed by atoms with Crippen LogP contribution in [0.2, 0.25) is 0 Å². The quantitative estimate of drug-likeness (QED) is 0.637. The summed E-state index contributed by atoms with van der Waals surface area (Å²) in [7, 11) is 3.12. The highest BCUT2D eigenvalue weighted by atomic mass is 32.2. The molecule has 22 heavy (non-hydrogen) atoms. The molecule has 2 aromatic heterocycles. The van der Waals surface area contributed by atoms with Gasteiger partial charge in [-0.05, 0) is 12.2 Å². The molecule has 0 unspecified atom stereocenters. The van der Waals surface area contributed by atoms with Crippen molar-refractivity contribution in [3.8, 4) is 0 Å². The van der Waals surface area contributed by atoms with E-state index in [0.29, 0.717) is 21.9 Å². The molecule has 0 bridgehead atoms. The first-order valence-corrected chi connectivity index (χ1v) is 8.28. The molecule has 0 amide bonds.